The Hall–Kier alpha value is -0.490. The molecule has 5 heteroatoms. The van der Waals surface area contributed by atoms with Gasteiger partial charge in [-0.15, -0.1) is 0 Å². The van der Waals surface area contributed by atoms with Crippen molar-refractivity contribution < 1.29 is 14.3 Å². The van der Waals surface area contributed by atoms with Crippen molar-refractivity contribution in [3.05, 3.63) is 26.3 Å². The Morgan fingerprint density at radius 1 is 1.44 bits per heavy atom. The van der Waals surface area contributed by atoms with Crippen LogP contribution in [0.5, 0.6) is 5.75 Å². The highest BCUT2D eigenvalue weighted by Crippen LogP contribution is 2.29. The number of halogens is 2. The number of hydrogen-bond donors (Lipinski definition) is 0. The van der Waals surface area contributed by atoms with Crippen LogP contribution >= 0.6 is 34.2 Å². The zero-order valence-electron chi connectivity index (χ0n) is 9.21. The van der Waals surface area contributed by atoms with E-state index in [1.807, 2.05) is 13.8 Å². The van der Waals surface area contributed by atoms with Crippen LogP contribution in [-0.2, 0) is 4.74 Å². The lowest BCUT2D eigenvalue weighted by Crippen LogP contribution is -2.11. The van der Waals surface area contributed by atoms with Crippen LogP contribution in [0, 0.1) is 3.57 Å². The minimum Gasteiger partial charge on any atom is -0.490 e. The van der Waals surface area contributed by atoms with Gasteiger partial charge >= 0.3 is 5.97 Å². The first kappa shape index (κ1) is 13.6. The lowest BCUT2D eigenvalue weighted by molar-refractivity contribution is 0.0594. The number of rotatable bonds is 3. The van der Waals surface area contributed by atoms with Crippen LogP contribution in [0.4, 0.5) is 0 Å². The molecule has 0 unspecified atom stereocenters. The average Bonchev–Trinajstić information content (AvgIpc) is 2.21. The molecule has 0 fully saturated rings. The Kier molecular flexibility index (Phi) is 4.86. The second-order valence-corrected chi connectivity index (χ2v) is 4.99. The molecule has 0 spiro atoms. The van der Waals surface area contributed by atoms with Crippen LogP contribution in [0.1, 0.15) is 24.2 Å². The van der Waals surface area contributed by atoms with Crippen LogP contribution in [0.25, 0.3) is 0 Å². The van der Waals surface area contributed by atoms with Gasteiger partial charge in [-0.05, 0) is 48.6 Å². The van der Waals surface area contributed by atoms with Crippen molar-refractivity contribution in [3.63, 3.8) is 0 Å². The van der Waals surface area contributed by atoms with E-state index in [9.17, 15) is 4.79 Å². The molecule has 0 aromatic heterocycles. The second-order valence-electron chi connectivity index (χ2n) is 3.42. The third-order valence-corrected chi connectivity index (χ3v) is 3.31. The molecular weight excluding hydrogens is 342 g/mol. The van der Waals surface area contributed by atoms with E-state index in [4.69, 9.17) is 16.3 Å². The van der Waals surface area contributed by atoms with E-state index in [0.29, 0.717) is 16.3 Å². The predicted molar refractivity (Wildman–Crippen MR) is 71.3 cm³/mol. The maximum atomic E-state index is 11.5. The molecule has 3 nitrogen and oxygen atoms in total. The molecule has 0 heterocycles. The quantitative estimate of drug-likeness (QED) is 0.615. The molecule has 0 radical (unpaired) electrons. The molecule has 0 N–H and O–H groups in total. The molecule has 1 rings (SSSR count). The largest absolute Gasteiger partial charge is 0.490 e. The first-order chi connectivity index (χ1) is 7.45. The number of carbonyl (C=O) groups is 1. The molecule has 16 heavy (non-hydrogen) atoms. The van der Waals surface area contributed by atoms with E-state index >= 15 is 0 Å². The first-order valence-electron chi connectivity index (χ1n) is 4.69. The molecule has 0 aliphatic rings. The molecule has 0 saturated heterocycles. The van der Waals surface area contributed by atoms with Gasteiger partial charge in [0.05, 0.1) is 18.2 Å². The van der Waals surface area contributed by atoms with E-state index in [-0.39, 0.29) is 6.10 Å². The van der Waals surface area contributed by atoms with Gasteiger partial charge in [0.25, 0.3) is 0 Å². The summed E-state index contributed by atoms with van der Waals surface area (Å²) in [5.74, 6) is 0.0459. The number of hydrogen-bond acceptors (Lipinski definition) is 3. The van der Waals surface area contributed by atoms with Crippen LogP contribution < -0.4 is 4.74 Å². The minimum atomic E-state index is -0.450. The molecule has 1 aromatic carbocycles. The predicted octanol–water partition coefficient (Wildman–Crippen LogP) is 3.52. The lowest BCUT2D eigenvalue weighted by atomic mass is 10.2. The van der Waals surface area contributed by atoms with Gasteiger partial charge in [0.15, 0.2) is 0 Å². The van der Waals surface area contributed by atoms with E-state index in [2.05, 4.69) is 27.3 Å². The van der Waals surface area contributed by atoms with Crippen molar-refractivity contribution >= 4 is 40.2 Å². The maximum Gasteiger partial charge on any atom is 0.341 e. The smallest absolute Gasteiger partial charge is 0.341 e. The molecule has 1 aromatic rings. The SMILES string of the molecule is COC(=O)c1cc(Cl)c(I)cc1OC(C)C. The maximum absolute atomic E-state index is 11.5. The van der Waals surface area contributed by atoms with Gasteiger partial charge in [0, 0.05) is 3.57 Å². The third kappa shape index (κ3) is 3.25. The molecule has 0 aliphatic heterocycles. The van der Waals surface area contributed by atoms with Crippen LogP contribution in [0.3, 0.4) is 0 Å². The fourth-order valence-electron chi connectivity index (χ4n) is 1.15. The Balaban J connectivity index is 3.21. The zero-order chi connectivity index (χ0) is 12.3. The summed E-state index contributed by atoms with van der Waals surface area (Å²) in [6, 6.07) is 3.29. The van der Waals surface area contributed by atoms with Crippen molar-refractivity contribution in [1.82, 2.24) is 0 Å². The first-order valence-corrected chi connectivity index (χ1v) is 6.15. The molecule has 0 bridgehead atoms. The lowest BCUT2D eigenvalue weighted by Gasteiger charge is -2.14. The van der Waals surface area contributed by atoms with E-state index < -0.39 is 5.97 Å². The number of carbonyl (C=O) groups excluding carboxylic acids is 1. The Bertz CT molecular complexity index is 404. The standard InChI is InChI=1S/C11H12ClIO3/c1-6(2)16-10-5-9(13)8(12)4-7(10)11(14)15-3/h4-6H,1-3H3. The van der Waals surface area contributed by atoms with Crippen LogP contribution in [-0.4, -0.2) is 19.2 Å². The summed E-state index contributed by atoms with van der Waals surface area (Å²) in [4.78, 5) is 11.5. The summed E-state index contributed by atoms with van der Waals surface area (Å²) in [6.07, 6.45) is -0.0135. The minimum absolute atomic E-state index is 0.0135. The van der Waals surface area contributed by atoms with Gasteiger partial charge < -0.3 is 9.47 Å². The van der Waals surface area contributed by atoms with E-state index in [1.54, 1.807) is 12.1 Å². The van der Waals surface area contributed by atoms with Crippen molar-refractivity contribution in [2.75, 3.05) is 7.11 Å². The summed E-state index contributed by atoms with van der Waals surface area (Å²) in [6.45, 7) is 3.78. The van der Waals surface area contributed by atoms with E-state index in [1.165, 1.54) is 7.11 Å². The number of benzene rings is 1. The fourth-order valence-corrected chi connectivity index (χ4v) is 1.75. The van der Waals surface area contributed by atoms with Crippen molar-refractivity contribution in [2.45, 2.75) is 20.0 Å². The van der Waals surface area contributed by atoms with Crippen molar-refractivity contribution in [1.29, 1.82) is 0 Å². The Labute approximate surface area is 113 Å². The Morgan fingerprint density at radius 3 is 2.56 bits per heavy atom. The van der Waals surface area contributed by atoms with Gasteiger partial charge in [-0.1, -0.05) is 11.6 Å². The molecule has 0 saturated carbocycles. The average molecular weight is 355 g/mol. The summed E-state index contributed by atoms with van der Waals surface area (Å²) in [5.41, 5.74) is 0.349. The normalized spacial score (nSPS) is 10.4. The summed E-state index contributed by atoms with van der Waals surface area (Å²) in [5, 5.41) is 0.511. The zero-order valence-corrected chi connectivity index (χ0v) is 12.1. The fraction of sp³-hybridized carbons (Fsp3) is 0.364. The van der Waals surface area contributed by atoms with Gasteiger partial charge in [-0.25, -0.2) is 4.79 Å². The monoisotopic (exact) mass is 354 g/mol. The molecule has 88 valence electrons. The van der Waals surface area contributed by atoms with Gasteiger partial charge in [0.2, 0.25) is 0 Å². The molecule has 0 atom stereocenters. The van der Waals surface area contributed by atoms with Crippen LogP contribution in [0.2, 0.25) is 5.02 Å². The van der Waals surface area contributed by atoms with Gasteiger partial charge in [-0.3, -0.25) is 0 Å². The van der Waals surface area contributed by atoms with Crippen molar-refractivity contribution in [2.24, 2.45) is 0 Å². The molecule has 0 amide bonds. The summed E-state index contributed by atoms with van der Waals surface area (Å²) < 4.78 is 11.0. The van der Waals surface area contributed by atoms with Gasteiger partial charge in [-0.2, -0.15) is 0 Å². The Morgan fingerprint density at radius 2 is 2.06 bits per heavy atom. The number of ether oxygens (including phenoxy) is 2. The highest BCUT2D eigenvalue weighted by molar-refractivity contribution is 14.1. The topological polar surface area (TPSA) is 35.5 Å². The number of methoxy groups -OCH3 is 1. The molecular formula is C11H12ClIO3. The second kappa shape index (κ2) is 5.72. The highest BCUT2D eigenvalue weighted by Gasteiger charge is 2.16. The highest BCUT2D eigenvalue weighted by atomic mass is 127. The third-order valence-electron chi connectivity index (χ3n) is 1.79. The number of esters is 1. The van der Waals surface area contributed by atoms with Crippen LogP contribution in [0.15, 0.2) is 12.1 Å². The van der Waals surface area contributed by atoms with E-state index in [0.717, 1.165) is 3.57 Å². The summed E-state index contributed by atoms with van der Waals surface area (Å²) in [7, 11) is 1.33. The summed E-state index contributed by atoms with van der Waals surface area (Å²) >= 11 is 8.04. The molecule has 0 aliphatic carbocycles. The van der Waals surface area contributed by atoms with Gasteiger partial charge in [0.1, 0.15) is 11.3 Å². The van der Waals surface area contributed by atoms with Crippen molar-refractivity contribution in [3.8, 4) is 5.75 Å².